The maximum atomic E-state index is 10.2. The Bertz CT molecular complexity index is 608. The van der Waals surface area contributed by atoms with Crippen molar-refractivity contribution in [1.82, 2.24) is 15.1 Å². The second-order valence-corrected chi connectivity index (χ2v) is 7.04. The third-order valence-corrected chi connectivity index (χ3v) is 5.28. The predicted octanol–water partition coefficient (Wildman–Crippen LogP) is 3.19. The Morgan fingerprint density at radius 3 is 2.71 bits per heavy atom. The Morgan fingerprint density at radius 2 is 2.07 bits per heavy atom. The van der Waals surface area contributed by atoms with Crippen LogP contribution in [0.15, 0.2) is 23.2 Å². The van der Waals surface area contributed by atoms with Gasteiger partial charge in [-0.05, 0) is 50.4 Å². The van der Waals surface area contributed by atoms with Gasteiger partial charge in [0.15, 0.2) is 17.5 Å². The van der Waals surface area contributed by atoms with Gasteiger partial charge in [0.05, 0.1) is 7.11 Å². The molecule has 1 aliphatic rings. The summed E-state index contributed by atoms with van der Waals surface area (Å²) in [4.78, 5) is 9.69. The molecular formula is C21H37IN4O2. The van der Waals surface area contributed by atoms with E-state index in [1.54, 1.807) is 13.2 Å². The number of phenolic OH excluding ortho intramolecular Hbond substituents is 1. The molecule has 1 fully saturated rings. The zero-order chi connectivity index (χ0) is 19.6. The Labute approximate surface area is 187 Å². The summed E-state index contributed by atoms with van der Waals surface area (Å²) >= 11 is 0. The first kappa shape index (κ1) is 24.8. The minimum absolute atomic E-state index is 0. The van der Waals surface area contributed by atoms with Gasteiger partial charge in [-0.2, -0.15) is 0 Å². The highest BCUT2D eigenvalue weighted by molar-refractivity contribution is 14.0. The van der Waals surface area contributed by atoms with E-state index in [-0.39, 0.29) is 29.7 Å². The number of halogens is 1. The summed E-state index contributed by atoms with van der Waals surface area (Å²) in [6.07, 6.45) is 1.91. The highest BCUT2D eigenvalue weighted by atomic mass is 127. The molecule has 2 rings (SSSR count). The van der Waals surface area contributed by atoms with E-state index in [0.717, 1.165) is 44.2 Å². The molecule has 0 amide bonds. The van der Waals surface area contributed by atoms with Gasteiger partial charge in [0.2, 0.25) is 0 Å². The average Bonchev–Trinajstić information content (AvgIpc) is 3.15. The number of benzene rings is 1. The van der Waals surface area contributed by atoms with Gasteiger partial charge in [0.25, 0.3) is 0 Å². The average molecular weight is 504 g/mol. The number of hydrogen-bond acceptors (Lipinski definition) is 4. The van der Waals surface area contributed by atoms with E-state index in [4.69, 9.17) is 9.73 Å². The number of guanidine groups is 1. The van der Waals surface area contributed by atoms with E-state index in [2.05, 4.69) is 35.9 Å². The molecule has 28 heavy (non-hydrogen) atoms. The summed E-state index contributed by atoms with van der Waals surface area (Å²) in [7, 11) is 1.57. The summed E-state index contributed by atoms with van der Waals surface area (Å²) in [6.45, 7) is 13.6. The van der Waals surface area contributed by atoms with Crippen molar-refractivity contribution >= 4 is 29.9 Å². The van der Waals surface area contributed by atoms with Gasteiger partial charge >= 0.3 is 0 Å². The van der Waals surface area contributed by atoms with Crippen LogP contribution in [0.3, 0.4) is 0 Å². The maximum Gasteiger partial charge on any atom is 0.193 e. The number of likely N-dealkylation sites (tertiary alicyclic amines) is 1. The van der Waals surface area contributed by atoms with Crippen LogP contribution in [-0.4, -0.2) is 73.8 Å². The molecule has 1 atom stereocenters. The zero-order valence-corrected chi connectivity index (χ0v) is 20.1. The zero-order valence-electron chi connectivity index (χ0n) is 17.8. The number of aliphatic imine (C=N–C) groups is 1. The number of phenols is 1. The molecule has 0 spiro atoms. The Morgan fingerprint density at radius 1 is 1.32 bits per heavy atom. The molecule has 0 radical (unpaired) electrons. The minimum Gasteiger partial charge on any atom is -0.504 e. The molecule has 7 heteroatoms. The van der Waals surface area contributed by atoms with E-state index in [0.29, 0.717) is 24.6 Å². The fourth-order valence-corrected chi connectivity index (χ4v) is 3.66. The van der Waals surface area contributed by atoms with E-state index in [9.17, 15) is 5.11 Å². The largest absolute Gasteiger partial charge is 0.504 e. The topological polar surface area (TPSA) is 60.3 Å². The third-order valence-electron chi connectivity index (χ3n) is 5.28. The lowest BCUT2D eigenvalue weighted by atomic mass is 10.1. The molecule has 1 aromatic rings. The van der Waals surface area contributed by atoms with Crippen LogP contribution in [0.1, 0.15) is 32.8 Å². The molecule has 1 aliphatic heterocycles. The summed E-state index contributed by atoms with van der Waals surface area (Å²) < 4.78 is 5.18. The quantitative estimate of drug-likeness (QED) is 0.308. The molecule has 0 aromatic heterocycles. The standard InChI is InChI=1S/C21H36N4O2.HI/c1-5-22-21(25-14-12-17(16-25)15-24(6-2)7-3)23-13-11-18-9-8-10-19(27-4)20(18)26;/h8-10,17,26H,5-7,11-16H2,1-4H3,(H,22,23);1H. The van der Waals surface area contributed by atoms with E-state index in [1.165, 1.54) is 13.0 Å². The third kappa shape index (κ3) is 6.99. The van der Waals surface area contributed by atoms with Crippen molar-refractivity contribution in [3.05, 3.63) is 23.8 Å². The van der Waals surface area contributed by atoms with E-state index < -0.39 is 0 Å². The summed E-state index contributed by atoms with van der Waals surface area (Å²) in [5.41, 5.74) is 0.870. The van der Waals surface area contributed by atoms with Crippen molar-refractivity contribution in [3.8, 4) is 11.5 Å². The van der Waals surface area contributed by atoms with Gasteiger partial charge in [0.1, 0.15) is 0 Å². The van der Waals surface area contributed by atoms with Crippen LogP contribution in [-0.2, 0) is 6.42 Å². The molecule has 1 heterocycles. The number of hydrogen-bond donors (Lipinski definition) is 2. The second kappa shape index (κ2) is 13.1. The fraction of sp³-hybridized carbons (Fsp3) is 0.667. The van der Waals surface area contributed by atoms with Gasteiger partial charge in [-0.25, -0.2) is 0 Å². The molecule has 0 bridgehead atoms. The molecule has 1 unspecified atom stereocenters. The molecule has 2 N–H and O–H groups in total. The highest BCUT2D eigenvalue weighted by Crippen LogP contribution is 2.29. The van der Waals surface area contributed by atoms with Crippen molar-refractivity contribution in [1.29, 1.82) is 0 Å². The van der Waals surface area contributed by atoms with E-state index in [1.807, 2.05) is 12.1 Å². The summed E-state index contributed by atoms with van der Waals surface area (Å²) in [6, 6.07) is 5.60. The number of para-hydroxylation sites is 1. The lowest BCUT2D eigenvalue weighted by molar-refractivity contribution is 0.255. The van der Waals surface area contributed by atoms with Crippen LogP contribution in [0.25, 0.3) is 0 Å². The van der Waals surface area contributed by atoms with Gasteiger partial charge in [-0.3, -0.25) is 4.99 Å². The molecular weight excluding hydrogens is 467 g/mol. The number of ether oxygens (including phenoxy) is 1. The lowest BCUT2D eigenvalue weighted by Gasteiger charge is -2.24. The maximum absolute atomic E-state index is 10.2. The van der Waals surface area contributed by atoms with Crippen LogP contribution in [0.5, 0.6) is 11.5 Å². The van der Waals surface area contributed by atoms with Gasteiger partial charge in [0, 0.05) is 32.7 Å². The number of nitrogens with zero attached hydrogens (tertiary/aromatic N) is 3. The smallest absolute Gasteiger partial charge is 0.193 e. The molecule has 0 aliphatic carbocycles. The van der Waals surface area contributed by atoms with Crippen molar-refractivity contribution in [3.63, 3.8) is 0 Å². The van der Waals surface area contributed by atoms with Crippen molar-refractivity contribution in [2.24, 2.45) is 10.9 Å². The highest BCUT2D eigenvalue weighted by Gasteiger charge is 2.25. The van der Waals surface area contributed by atoms with Crippen LogP contribution in [0.2, 0.25) is 0 Å². The molecule has 160 valence electrons. The normalized spacial score (nSPS) is 17.0. The Hall–Kier alpha value is -1.22. The van der Waals surface area contributed by atoms with Gasteiger partial charge < -0.3 is 25.0 Å². The van der Waals surface area contributed by atoms with Gasteiger partial charge in [-0.15, -0.1) is 24.0 Å². The molecule has 6 nitrogen and oxygen atoms in total. The molecule has 1 saturated heterocycles. The number of rotatable bonds is 9. The second-order valence-electron chi connectivity index (χ2n) is 7.04. The first-order chi connectivity index (χ1) is 13.1. The number of nitrogens with one attached hydrogen (secondary N) is 1. The predicted molar refractivity (Wildman–Crippen MR) is 127 cm³/mol. The molecule has 0 saturated carbocycles. The monoisotopic (exact) mass is 504 g/mol. The fourth-order valence-electron chi connectivity index (χ4n) is 3.66. The Kier molecular flexibility index (Phi) is 11.6. The number of methoxy groups -OCH3 is 1. The number of aromatic hydroxyl groups is 1. The van der Waals surface area contributed by atoms with Crippen LogP contribution in [0.4, 0.5) is 0 Å². The lowest BCUT2D eigenvalue weighted by Crippen LogP contribution is -2.41. The van der Waals surface area contributed by atoms with Crippen LogP contribution in [0, 0.1) is 5.92 Å². The summed E-state index contributed by atoms with van der Waals surface area (Å²) in [5, 5.41) is 13.7. The minimum atomic E-state index is 0. The van der Waals surface area contributed by atoms with Crippen LogP contribution >= 0.6 is 24.0 Å². The first-order valence-electron chi connectivity index (χ1n) is 10.2. The van der Waals surface area contributed by atoms with Crippen LogP contribution < -0.4 is 10.1 Å². The van der Waals surface area contributed by atoms with Crippen molar-refractivity contribution in [2.45, 2.75) is 33.6 Å². The SMILES string of the molecule is CCNC(=NCCc1cccc(OC)c1O)N1CCC(CN(CC)CC)C1.I. The van der Waals surface area contributed by atoms with E-state index >= 15 is 0 Å². The van der Waals surface area contributed by atoms with Gasteiger partial charge in [-0.1, -0.05) is 26.0 Å². The van der Waals surface area contributed by atoms with Crippen molar-refractivity contribution < 1.29 is 9.84 Å². The van der Waals surface area contributed by atoms with Crippen molar-refractivity contribution in [2.75, 3.05) is 52.9 Å². The Balaban J connectivity index is 0.00000392. The molecule has 1 aromatic carbocycles. The summed E-state index contributed by atoms with van der Waals surface area (Å²) in [5.74, 6) is 2.43. The first-order valence-corrected chi connectivity index (χ1v) is 10.2.